The molecule has 11 heteroatoms. The molecule has 4 fully saturated rings. The molecule has 234 valence electrons. The van der Waals surface area contributed by atoms with Crippen molar-refractivity contribution < 1.29 is 40.7 Å². The Morgan fingerprint density at radius 3 is 1.65 bits per heavy atom. The summed E-state index contributed by atoms with van der Waals surface area (Å²) in [5.41, 5.74) is 0.411. The van der Waals surface area contributed by atoms with Crippen molar-refractivity contribution in [2.75, 3.05) is 0 Å². The Bertz CT molecular complexity index is 1300. The minimum Gasteiger partial charge on any atom is -0.406 e. The Kier molecular flexibility index (Phi) is 9.27. The molecule has 2 aromatic carbocycles. The maximum atomic E-state index is 12.6. The van der Waals surface area contributed by atoms with E-state index in [1.807, 2.05) is 0 Å². The quantitative estimate of drug-likeness (QED) is 0.321. The van der Waals surface area contributed by atoms with Crippen LogP contribution >= 0.6 is 0 Å². The topological polar surface area (TPSA) is 67.4 Å². The zero-order valence-electron chi connectivity index (χ0n) is 23.6. The lowest BCUT2D eigenvalue weighted by atomic mass is 9.88. The highest BCUT2D eigenvalue weighted by atomic mass is 19.4. The SMILES string of the molecule is O=C(NCc1cccc(C(F)(F)F)c1)[C@H]1C[C@@H]2CC[C@H]1C2.O=C(NCc1cccc(OC(F)(F)F)c1)[C@H]1C[C@@H]2CC[C@H]1C2. The average Bonchev–Trinajstić information content (AvgIpc) is 3.77. The van der Waals surface area contributed by atoms with E-state index in [2.05, 4.69) is 15.4 Å². The van der Waals surface area contributed by atoms with E-state index in [-0.39, 0.29) is 42.5 Å². The first-order valence-electron chi connectivity index (χ1n) is 14.9. The highest BCUT2D eigenvalue weighted by Gasteiger charge is 2.44. The van der Waals surface area contributed by atoms with Gasteiger partial charge in [0.05, 0.1) is 5.56 Å². The van der Waals surface area contributed by atoms with Gasteiger partial charge in [0.15, 0.2) is 0 Å². The molecule has 2 N–H and O–H groups in total. The van der Waals surface area contributed by atoms with Gasteiger partial charge in [-0.05, 0) is 97.6 Å². The summed E-state index contributed by atoms with van der Waals surface area (Å²) >= 11 is 0. The zero-order valence-corrected chi connectivity index (χ0v) is 23.6. The van der Waals surface area contributed by atoms with Gasteiger partial charge in [0.25, 0.3) is 0 Å². The van der Waals surface area contributed by atoms with Gasteiger partial charge in [-0.15, -0.1) is 13.2 Å². The molecule has 0 heterocycles. The summed E-state index contributed by atoms with van der Waals surface area (Å²) < 4.78 is 78.3. The second-order valence-electron chi connectivity index (χ2n) is 12.4. The van der Waals surface area contributed by atoms with E-state index < -0.39 is 18.1 Å². The summed E-state index contributed by atoms with van der Waals surface area (Å²) in [5, 5.41) is 5.64. The van der Waals surface area contributed by atoms with Crippen LogP contribution in [-0.2, 0) is 28.9 Å². The number of hydrogen-bond donors (Lipinski definition) is 2. The fourth-order valence-corrected chi connectivity index (χ4v) is 7.48. The van der Waals surface area contributed by atoms with Gasteiger partial charge in [-0.3, -0.25) is 9.59 Å². The van der Waals surface area contributed by atoms with Crippen molar-refractivity contribution in [1.29, 1.82) is 0 Å². The lowest BCUT2D eigenvalue weighted by Gasteiger charge is -2.20. The van der Waals surface area contributed by atoms with Crippen LogP contribution in [-0.4, -0.2) is 18.2 Å². The van der Waals surface area contributed by atoms with Gasteiger partial charge in [0.1, 0.15) is 5.75 Å². The molecule has 4 aliphatic carbocycles. The maximum absolute atomic E-state index is 12.6. The minimum atomic E-state index is -4.70. The molecular formula is C32H36F6N2O3. The number of ether oxygens (including phenoxy) is 1. The lowest BCUT2D eigenvalue weighted by molar-refractivity contribution is -0.274. The number of hydrogen-bond acceptors (Lipinski definition) is 3. The van der Waals surface area contributed by atoms with Crippen LogP contribution in [0.2, 0.25) is 0 Å². The fraction of sp³-hybridized carbons (Fsp3) is 0.562. The predicted molar refractivity (Wildman–Crippen MR) is 146 cm³/mol. The molecule has 0 spiro atoms. The van der Waals surface area contributed by atoms with Gasteiger partial charge in [0.2, 0.25) is 11.8 Å². The van der Waals surface area contributed by atoms with Gasteiger partial charge in [-0.25, -0.2) is 0 Å². The van der Waals surface area contributed by atoms with Crippen molar-refractivity contribution in [2.24, 2.45) is 35.5 Å². The number of rotatable bonds is 7. The number of fused-ring (bicyclic) bond motifs is 4. The molecule has 0 aliphatic heterocycles. The van der Waals surface area contributed by atoms with Crippen molar-refractivity contribution in [3.63, 3.8) is 0 Å². The molecule has 4 aliphatic rings. The lowest BCUT2D eigenvalue weighted by Crippen LogP contribution is -2.33. The number of amides is 2. The minimum absolute atomic E-state index is 0.000360. The Labute approximate surface area is 246 Å². The van der Waals surface area contributed by atoms with Crippen LogP contribution in [0.5, 0.6) is 5.75 Å². The van der Waals surface area contributed by atoms with Crippen LogP contribution in [0.4, 0.5) is 26.3 Å². The Morgan fingerprint density at radius 1 is 0.698 bits per heavy atom. The second-order valence-corrected chi connectivity index (χ2v) is 12.4. The van der Waals surface area contributed by atoms with Crippen molar-refractivity contribution in [3.05, 3.63) is 65.2 Å². The fourth-order valence-electron chi connectivity index (χ4n) is 7.48. The predicted octanol–water partition coefficient (Wildman–Crippen LogP) is 7.40. The highest BCUT2D eigenvalue weighted by molar-refractivity contribution is 5.80. The summed E-state index contributed by atoms with van der Waals surface area (Å²) in [7, 11) is 0. The van der Waals surface area contributed by atoms with Gasteiger partial charge >= 0.3 is 12.5 Å². The van der Waals surface area contributed by atoms with Gasteiger partial charge < -0.3 is 15.4 Å². The largest absolute Gasteiger partial charge is 0.573 e. The van der Waals surface area contributed by atoms with Crippen molar-refractivity contribution in [2.45, 2.75) is 77.0 Å². The molecule has 4 saturated carbocycles. The second kappa shape index (κ2) is 12.8. The number of benzene rings is 2. The molecule has 0 aromatic heterocycles. The average molecular weight is 611 g/mol. The van der Waals surface area contributed by atoms with Crippen LogP contribution < -0.4 is 15.4 Å². The zero-order chi connectivity index (χ0) is 30.8. The summed E-state index contributed by atoms with van der Waals surface area (Å²) in [6.45, 7) is 0.387. The highest BCUT2D eigenvalue weighted by Crippen LogP contribution is 2.49. The third kappa shape index (κ3) is 8.23. The third-order valence-corrected chi connectivity index (χ3v) is 9.47. The standard InChI is InChI=1S/C16H18F3NO2.C16H18F3NO/c17-16(18,19)22-13-3-1-2-11(7-13)9-20-15(21)14-8-10-4-5-12(14)6-10;17-16(18,19)13-3-1-2-11(7-13)9-20-15(21)14-8-10-4-5-12(14)6-10/h1-3,7,10,12,14H,4-6,8-9H2,(H,20,21);1-3,7,10,12,14H,4-6,8-9H2,(H,20,21)/t2*10-,12+,14+/m11/s1. The molecule has 6 atom stereocenters. The van der Waals surface area contributed by atoms with Crippen molar-refractivity contribution >= 4 is 11.8 Å². The summed E-state index contributed by atoms with van der Waals surface area (Å²) in [6, 6.07) is 10.8. The molecule has 0 unspecified atom stereocenters. The number of carbonyl (C=O) groups excluding carboxylic acids is 2. The first-order chi connectivity index (χ1) is 20.3. The third-order valence-electron chi connectivity index (χ3n) is 9.47. The van der Waals surface area contributed by atoms with E-state index in [1.54, 1.807) is 12.1 Å². The van der Waals surface area contributed by atoms with E-state index in [0.717, 1.165) is 50.7 Å². The Balaban J connectivity index is 0.000000171. The Hall–Kier alpha value is -3.24. The molecule has 2 aromatic rings. The first-order valence-corrected chi connectivity index (χ1v) is 14.9. The molecular weight excluding hydrogens is 574 g/mol. The Morgan fingerprint density at radius 2 is 1.21 bits per heavy atom. The summed E-state index contributed by atoms with van der Waals surface area (Å²) in [6.07, 6.45) is -0.172. The molecule has 4 bridgehead atoms. The van der Waals surface area contributed by atoms with E-state index in [4.69, 9.17) is 0 Å². The molecule has 2 amide bonds. The number of carbonyl (C=O) groups is 2. The van der Waals surface area contributed by atoms with Gasteiger partial charge in [0, 0.05) is 24.9 Å². The first kappa shape index (κ1) is 31.2. The van der Waals surface area contributed by atoms with Crippen molar-refractivity contribution in [1.82, 2.24) is 10.6 Å². The van der Waals surface area contributed by atoms with Crippen LogP contribution in [0.15, 0.2) is 48.5 Å². The smallest absolute Gasteiger partial charge is 0.406 e. The van der Waals surface area contributed by atoms with Gasteiger partial charge in [-0.2, -0.15) is 13.2 Å². The number of nitrogens with one attached hydrogen (secondary N) is 2. The number of alkyl halides is 6. The van der Waals surface area contributed by atoms with Crippen LogP contribution in [0.1, 0.15) is 68.1 Å². The normalized spacial score (nSPS) is 27.4. The summed E-state index contributed by atoms with van der Waals surface area (Å²) in [4.78, 5) is 24.4. The molecule has 6 rings (SSSR count). The number of halogens is 6. The van der Waals surface area contributed by atoms with Crippen LogP contribution in [0, 0.1) is 35.5 Å². The van der Waals surface area contributed by atoms with Crippen LogP contribution in [0.25, 0.3) is 0 Å². The van der Waals surface area contributed by atoms with E-state index in [0.29, 0.717) is 34.8 Å². The molecule has 43 heavy (non-hydrogen) atoms. The van der Waals surface area contributed by atoms with Gasteiger partial charge in [-0.1, -0.05) is 37.1 Å². The molecule has 0 radical (unpaired) electrons. The van der Waals surface area contributed by atoms with E-state index in [1.165, 1.54) is 37.1 Å². The van der Waals surface area contributed by atoms with Crippen LogP contribution in [0.3, 0.4) is 0 Å². The maximum Gasteiger partial charge on any atom is 0.573 e. The summed E-state index contributed by atoms with van der Waals surface area (Å²) in [5.74, 6) is 2.24. The monoisotopic (exact) mass is 610 g/mol. The molecule has 0 saturated heterocycles. The van der Waals surface area contributed by atoms with E-state index >= 15 is 0 Å². The van der Waals surface area contributed by atoms with Crippen molar-refractivity contribution in [3.8, 4) is 5.75 Å². The molecule has 5 nitrogen and oxygen atoms in total. The van der Waals surface area contributed by atoms with E-state index in [9.17, 15) is 35.9 Å².